The number of thioether (sulfide) groups is 1. The summed E-state index contributed by atoms with van der Waals surface area (Å²) < 4.78 is 27.6. The number of nitrogens with one attached hydrogen (secondary N) is 1. The number of benzene rings is 1. The highest BCUT2D eigenvalue weighted by Gasteiger charge is 2.53. The number of hydrogen-bond acceptors (Lipinski definition) is 6. The molecule has 0 saturated carbocycles. The lowest BCUT2D eigenvalue weighted by Crippen LogP contribution is -2.48. The van der Waals surface area contributed by atoms with Gasteiger partial charge < -0.3 is 15.1 Å². The van der Waals surface area contributed by atoms with Crippen LogP contribution in [0.2, 0.25) is 0 Å². The first-order chi connectivity index (χ1) is 15.2. The van der Waals surface area contributed by atoms with Crippen molar-refractivity contribution in [2.75, 3.05) is 42.1 Å². The van der Waals surface area contributed by atoms with Gasteiger partial charge in [-0.1, -0.05) is 13.8 Å². The second-order valence-electron chi connectivity index (χ2n) is 8.72. The van der Waals surface area contributed by atoms with E-state index in [1.807, 2.05) is 20.8 Å². The molecule has 0 aliphatic carbocycles. The van der Waals surface area contributed by atoms with E-state index in [9.17, 15) is 18.0 Å². The van der Waals surface area contributed by atoms with Crippen molar-refractivity contribution in [3.05, 3.63) is 18.2 Å². The predicted molar refractivity (Wildman–Crippen MR) is 127 cm³/mol. The Kier molecular flexibility index (Phi) is 6.48. The Balaban J connectivity index is 1.66. The Bertz CT molecular complexity index is 1010. The summed E-state index contributed by atoms with van der Waals surface area (Å²) in [6.07, 6.45) is 3.33. The number of anilines is 2. The third kappa shape index (κ3) is 4.01. The maximum atomic E-state index is 13.3. The molecule has 3 aliphatic rings. The maximum absolute atomic E-state index is 13.3. The van der Waals surface area contributed by atoms with Gasteiger partial charge in [0.2, 0.25) is 21.8 Å². The fraction of sp³-hybridized carbons (Fsp3) is 0.636. The lowest BCUT2D eigenvalue weighted by molar-refractivity contribution is -0.135. The molecule has 0 bridgehead atoms. The van der Waals surface area contributed by atoms with Crippen LogP contribution >= 0.6 is 11.8 Å². The van der Waals surface area contributed by atoms with E-state index in [4.69, 9.17) is 0 Å². The fourth-order valence-corrected chi connectivity index (χ4v) is 7.87. The number of amides is 2. The molecule has 3 heterocycles. The van der Waals surface area contributed by atoms with Crippen molar-refractivity contribution >= 4 is 45.0 Å². The summed E-state index contributed by atoms with van der Waals surface area (Å²) in [6, 6.07) is 4.45. The normalized spacial score (nSPS) is 25.6. The van der Waals surface area contributed by atoms with Crippen molar-refractivity contribution in [3.63, 3.8) is 0 Å². The van der Waals surface area contributed by atoms with Gasteiger partial charge in [0.05, 0.1) is 21.1 Å². The number of nitrogens with zero attached hydrogens (tertiary/aromatic N) is 3. The molecule has 176 valence electrons. The van der Waals surface area contributed by atoms with Crippen LogP contribution in [-0.4, -0.2) is 72.3 Å². The first-order valence-corrected chi connectivity index (χ1v) is 13.8. The number of hydrogen-bond donors (Lipinski definition) is 1. The Morgan fingerprint density at radius 1 is 1.25 bits per heavy atom. The van der Waals surface area contributed by atoms with Crippen molar-refractivity contribution in [2.24, 2.45) is 0 Å². The molecule has 10 heteroatoms. The van der Waals surface area contributed by atoms with Crippen LogP contribution in [0, 0.1) is 0 Å². The number of carbonyl (C=O) groups is 2. The SMILES string of the molecule is CCN(CC)S(=O)(=O)c1ccc(N2CCCC2)c(NC(=O)[C@H]2CS[C@@]3(C)CCC(=O)N23)c1. The largest absolute Gasteiger partial charge is 0.370 e. The summed E-state index contributed by atoms with van der Waals surface area (Å²) in [5.74, 6) is 0.300. The van der Waals surface area contributed by atoms with E-state index in [0.29, 0.717) is 31.0 Å². The zero-order chi connectivity index (χ0) is 23.1. The molecule has 8 nitrogen and oxygen atoms in total. The van der Waals surface area contributed by atoms with E-state index in [2.05, 4.69) is 10.2 Å². The van der Waals surface area contributed by atoms with Crippen LogP contribution in [0.15, 0.2) is 23.1 Å². The Morgan fingerprint density at radius 2 is 1.94 bits per heavy atom. The average molecular weight is 481 g/mol. The highest BCUT2D eigenvalue weighted by molar-refractivity contribution is 8.01. The minimum Gasteiger partial charge on any atom is -0.370 e. The van der Waals surface area contributed by atoms with Gasteiger partial charge in [0.15, 0.2) is 0 Å². The molecule has 2 amide bonds. The smallest absolute Gasteiger partial charge is 0.248 e. The first-order valence-electron chi connectivity index (χ1n) is 11.4. The van der Waals surface area contributed by atoms with Crippen molar-refractivity contribution in [2.45, 2.75) is 62.3 Å². The molecule has 0 aromatic heterocycles. The molecule has 1 aromatic rings. The van der Waals surface area contributed by atoms with Crippen LogP contribution in [0.25, 0.3) is 0 Å². The fourth-order valence-electron chi connectivity index (χ4n) is 4.95. The molecule has 3 saturated heterocycles. The molecule has 0 radical (unpaired) electrons. The second kappa shape index (κ2) is 8.87. The molecule has 3 fully saturated rings. The molecule has 2 atom stereocenters. The quantitative estimate of drug-likeness (QED) is 0.645. The summed E-state index contributed by atoms with van der Waals surface area (Å²) in [7, 11) is -3.66. The molecule has 4 rings (SSSR count). The topological polar surface area (TPSA) is 90.0 Å². The van der Waals surface area contributed by atoms with E-state index in [0.717, 1.165) is 38.0 Å². The van der Waals surface area contributed by atoms with E-state index < -0.39 is 16.1 Å². The van der Waals surface area contributed by atoms with Crippen LogP contribution in [0.4, 0.5) is 11.4 Å². The predicted octanol–water partition coefficient (Wildman–Crippen LogP) is 2.71. The van der Waals surface area contributed by atoms with Gasteiger partial charge >= 0.3 is 0 Å². The summed E-state index contributed by atoms with van der Waals surface area (Å²) in [5, 5.41) is 3.00. The minimum absolute atomic E-state index is 0.00952. The van der Waals surface area contributed by atoms with E-state index in [1.165, 1.54) is 4.31 Å². The standard InChI is InChI=1S/C22H32N4O4S2/c1-4-25(5-2)32(29,30)16-8-9-18(24-12-6-7-13-24)17(14-16)23-21(28)19-15-31-22(3)11-10-20(27)26(19)22/h8-9,14,19H,4-7,10-13,15H2,1-3H3,(H,23,28)/t19-,22+/m1/s1. The Hall–Kier alpha value is -1.78. The number of sulfonamides is 1. The van der Waals surface area contributed by atoms with Gasteiger partial charge in [0, 0.05) is 38.4 Å². The van der Waals surface area contributed by atoms with Crippen molar-refractivity contribution < 1.29 is 18.0 Å². The summed E-state index contributed by atoms with van der Waals surface area (Å²) in [5.41, 5.74) is 1.32. The molecular formula is C22H32N4O4S2. The molecule has 32 heavy (non-hydrogen) atoms. The van der Waals surface area contributed by atoms with Crippen LogP contribution in [0.3, 0.4) is 0 Å². The number of carbonyl (C=O) groups excluding carboxylic acids is 2. The van der Waals surface area contributed by atoms with E-state index >= 15 is 0 Å². The zero-order valence-corrected chi connectivity index (χ0v) is 20.6. The summed E-state index contributed by atoms with van der Waals surface area (Å²) in [6.45, 7) is 8.13. The van der Waals surface area contributed by atoms with Crippen molar-refractivity contribution in [1.29, 1.82) is 0 Å². The van der Waals surface area contributed by atoms with Crippen molar-refractivity contribution in [3.8, 4) is 0 Å². The number of rotatable bonds is 7. The molecule has 0 spiro atoms. The zero-order valence-electron chi connectivity index (χ0n) is 19.0. The van der Waals surface area contributed by atoms with Crippen molar-refractivity contribution in [1.82, 2.24) is 9.21 Å². The average Bonchev–Trinajstić information content (AvgIpc) is 3.47. The lowest BCUT2D eigenvalue weighted by atomic mass is 10.2. The highest BCUT2D eigenvalue weighted by Crippen LogP contribution is 2.47. The summed E-state index contributed by atoms with van der Waals surface area (Å²) in [4.78, 5) is 29.5. The van der Waals surface area contributed by atoms with Gasteiger partial charge in [-0.2, -0.15) is 4.31 Å². The van der Waals surface area contributed by atoms with Gasteiger partial charge in [-0.05, 0) is 44.4 Å². The van der Waals surface area contributed by atoms with Crippen LogP contribution in [0.5, 0.6) is 0 Å². The highest BCUT2D eigenvalue weighted by atomic mass is 32.2. The van der Waals surface area contributed by atoms with Gasteiger partial charge in [-0.3, -0.25) is 9.59 Å². The third-order valence-corrected chi connectivity index (χ3v) is 10.3. The monoisotopic (exact) mass is 480 g/mol. The van der Waals surface area contributed by atoms with Gasteiger partial charge in [-0.25, -0.2) is 8.42 Å². The molecule has 3 aliphatic heterocycles. The molecule has 1 aromatic carbocycles. The third-order valence-electron chi connectivity index (χ3n) is 6.76. The van der Waals surface area contributed by atoms with E-state index in [-0.39, 0.29) is 21.6 Å². The minimum atomic E-state index is -3.66. The van der Waals surface area contributed by atoms with E-state index in [1.54, 1.807) is 34.9 Å². The maximum Gasteiger partial charge on any atom is 0.248 e. The Morgan fingerprint density at radius 3 is 2.59 bits per heavy atom. The van der Waals surface area contributed by atoms with Gasteiger partial charge in [-0.15, -0.1) is 11.8 Å². The van der Waals surface area contributed by atoms with Gasteiger partial charge in [0.25, 0.3) is 0 Å². The molecular weight excluding hydrogens is 448 g/mol. The van der Waals surface area contributed by atoms with Crippen LogP contribution in [-0.2, 0) is 19.6 Å². The summed E-state index contributed by atoms with van der Waals surface area (Å²) >= 11 is 1.64. The number of fused-ring (bicyclic) bond motifs is 1. The molecule has 0 unspecified atom stereocenters. The first kappa shape index (κ1) is 23.4. The molecule has 1 N–H and O–H groups in total. The second-order valence-corrected chi connectivity index (χ2v) is 12.2. The Labute approximate surface area is 194 Å². The van der Waals surface area contributed by atoms with Gasteiger partial charge in [0.1, 0.15) is 6.04 Å². The lowest BCUT2D eigenvalue weighted by Gasteiger charge is -2.30. The van der Waals surface area contributed by atoms with Crippen LogP contribution in [0.1, 0.15) is 46.5 Å². The van der Waals surface area contributed by atoms with Crippen LogP contribution < -0.4 is 10.2 Å².